The molecular weight excluding hydrogens is 289 g/mol. The SMILES string of the molecule is FC(F)(F)c1cccc(C(C2OCCO2)C2OCCO2)c1. The van der Waals surface area contributed by atoms with Crippen molar-refractivity contribution in [1.82, 2.24) is 0 Å². The van der Waals surface area contributed by atoms with Gasteiger partial charge in [0.1, 0.15) is 0 Å². The van der Waals surface area contributed by atoms with E-state index in [-0.39, 0.29) is 0 Å². The summed E-state index contributed by atoms with van der Waals surface area (Å²) in [5.41, 5.74) is -0.274. The van der Waals surface area contributed by atoms with E-state index in [0.29, 0.717) is 32.0 Å². The Labute approximate surface area is 119 Å². The number of hydrogen-bond donors (Lipinski definition) is 0. The number of halogens is 3. The molecule has 4 nitrogen and oxygen atoms in total. The van der Waals surface area contributed by atoms with Crippen molar-refractivity contribution in [2.45, 2.75) is 24.7 Å². The molecule has 0 unspecified atom stereocenters. The summed E-state index contributed by atoms with van der Waals surface area (Å²) in [5, 5.41) is 0. The Morgan fingerprint density at radius 1 is 0.905 bits per heavy atom. The molecule has 2 heterocycles. The molecule has 0 bridgehead atoms. The van der Waals surface area contributed by atoms with Crippen LogP contribution in [0.2, 0.25) is 0 Å². The molecule has 21 heavy (non-hydrogen) atoms. The van der Waals surface area contributed by atoms with Crippen molar-refractivity contribution in [3.63, 3.8) is 0 Å². The fourth-order valence-corrected chi connectivity index (χ4v) is 2.53. The van der Waals surface area contributed by atoms with Gasteiger partial charge in [-0.05, 0) is 11.6 Å². The van der Waals surface area contributed by atoms with Gasteiger partial charge in [-0.25, -0.2) is 0 Å². The van der Waals surface area contributed by atoms with E-state index in [9.17, 15) is 13.2 Å². The number of hydrogen-bond acceptors (Lipinski definition) is 4. The molecule has 0 spiro atoms. The van der Waals surface area contributed by atoms with Crippen LogP contribution in [0.15, 0.2) is 24.3 Å². The Kier molecular flexibility index (Phi) is 4.17. The summed E-state index contributed by atoms with van der Waals surface area (Å²) in [5.74, 6) is -0.544. The van der Waals surface area contributed by atoms with Gasteiger partial charge in [0, 0.05) is 0 Å². The van der Waals surface area contributed by atoms with E-state index in [1.165, 1.54) is 6.07 Å². The molecule has 1 aromatic rings. The Balaban J connectivity index is 1.91. The first-order valence-electron chi connectivity index (χ1n) is 6.69. The van der Waals surface area contributed by atoms with E-state index in [1.807, 2.05) is 0 Å². The summed E-state index contributed by atoms with van der Waals surface area (Å²) in [7, 11) is 0. The Morgan fingerprint density at radius 3 is 1.90 bits per heavy atom. The van der Waals surface area contributed by atoms with Gasteiger partial charge < -0.3 is 18.9 Å². The van der Waals surface area contributed by atoms with Crippen LogP contribution in [0.5, 0.6) is 0 Å². The van der Waals surface area contributed by atoms with Gasteiger partial charge in [-0.1, -0.05) is 18.2 Å². The van der Waals surface area contributed by atoms with Crippen LogP contribution in [0, 0.1) is 0 Å². The number of rotatable bonds is 3. The van der Waals surface area contributed by atoms with Gasteiger partial charge >= 0.3 is 6.18 Å². The molecule has 116 valence electrons. The molecule has 0 aliphatic carbocycles. The Morgan fingerprint density at radius 2 is 1.43 bits per heavy atom. The third-order valence-electron chi connectivity index (χ3n) is 3.48. The summed E-state index contributed by atoms with van der Waals surface area (Å²) in [6.07, 6.45) is -5.71. The van der Waals surface area contributed by atoms with Crippen LogP contribution in [0.1, 0.15) is 17.0 Å². The lowest BCUT2D eigenvalue weighted by Gasteiger charge is -2.27. The third-order valence-corrected chi connectivity index (χ3v) is 3.48. The summed E-state index contributed by atoms with van der Waals surface area (Å²) in [6, 6.07) is 5.11. The van der Waals surface area contributed by atoms with Gasteiger partial charge in [-0.3, -0.25) is 0 Å². The van der Waals surface area contributed by atoms with Crippen molar-refractivity contribution in [3.8, 4) is 0 Å². The summed E-state index contributed by atoms with van der Waals surface area (Å²) in [6.45, 7) is 1.64. The zero-order chi connectivity index (χ0) is 14.9. The molecule has 0 atom stereocenters. The highest BCUT2D eigenvalue weighted by molar-refractivity contribution is 5.29. The first kappa shape index (κ1) is 14.8. The van der Waals surface area contributed by atoms with Gasteiger partial charge in [-0.2, -0.15) is 13.2 Å². The van der Waals surface area contributed by atoms with Crippen LogP contribution in [0.3, 0.4) is 0 Å². The van der Waals surface area contributed by atoms with Crippen molar-refractivity contribution >= 4 is 0 Å². The average molecular weight is 304 g/mol. The summed E-state index contributed by atoms with van der Waals surface area (Å²) < 4.78 is 60.4. The molecule has 3 rings (SSSR count). The smallest absolute Gasteiger partial charge is 0.349 e. The van der Waals surface area contributed by atoms with E-state index in [0.717, 1.165) is 12.1 Å². The second-order valence-corrected chi connectivity index (χ2v) is 4.87. The van der Waals surface area contributed by atoms with E-state index >= 15 is 0 Å². The molecule has 2 fully saturated rings. The number of benzene rings is 1. The highest BCUT2D eigenvalue weighted by atomic mass is 19.4. The van der Waals surface area contributed by atoms with Crippen molar-refractivity contribution < 1.29 is 32.1 Å². The molecule has 0 radical (unpaired) electrons. The standard InChI is InChI=1S/C14H15F3O4/c15-14(16,17)10-3-1-2-9(8-10)11(12-18-4-5-19-12)13-20-6-7-21-13/h1-3,8,11-13H,4-7H2. The average Bonchev–Trinajstić information content (AvgIpc) is 3.12. The first-order chi connectivity index (χ1) is 10.1. The molecule has 7 heteroatoms. The first-order valence-corrected chi connectivity index (χ1v) is 6.69. The lowest BCUT2D eigenvalue weighted by molar-refractivity contribution is -0.147. The van der Waals surface area contributed by atoms with Gasteiger partial charge in [0.25, 0.3) is 0 Å². The molecule has 0 saturated carbocycles. The second kappa shape index (κ2) is 5.92. The fraction of sp³-hybridized carbons (Fsp3) is 0.571. The summed E-state index contributed by atoms with van der Waals surface area (Å²) in [4.78, 5) is 0. The minimum atomic E-state index is -4.39. The predicted octanol–water partition coefficient (Wildman–Crippen LogP) is 2.53. The maximum atomic E-state index is 12.9. The lowest BCUT2D eigenvalue weighted by atomic mass is 9.95. The van der Waals surface area contributed by atoms with E-state index in [2.05, 4.69) is 0 Å². The van der Waals surface area contributed by atoms with Crippen molar-refractivity contribution in [2.24, 2.45) is 0 Å². The van der Waals surface area contributed by atoms with Crippen LogP contribution in [-0.2, 0) is 25.1 Å². The highest BCUT2D eigenvalue weighted by Gasteiger charge is 2.39. The van der Waals surface area contributed by atoms with Crippen molar-refractivity contribution in [2.75, 3.05) is 26.4 Å². The van der Waals surface area contributed by atoms with Crippen molar-refractivity contribution in [1.29, 1.82) is 0 Å². The molecule has 2 saturated heterocycles. The summed E-state index contributed by atoms with van der Waals surface area (Å²) >= 11 is 0. The van der Waals surface area contributed by atoms with Gasteiger partial charge in [-0.15, -0.1) is 0 Å². The molecule has 0 aromatic heterocycles. The van der Waals surface area contributed by atoms with Crippen LogP contribution in [0.25, 0.3) is 0 Å². The normalized spacial score (nSPS) is 21.5. The number of alkyl halides is 3. The zero-order valence-corrected chi connectivity index (χ0v) is 11.1. The van der Waals surface area contributed by atoms with Crippen LogP contribution >= 0.6 is 0 Å². The van der Waals surface area contributed by atoms with Crippen LogP contribution in [0.4, 0.5) is 13.2 Å². The molecule has 2 aliphatic heterocycles. The topological polar surface area (TPSA) is 36.9 Å². The fourth-order valence-electron chi connectivity index (χ4n) is 2.53. The van der Waals surface area contributed by atoms with Gasteiger partial charge in [0.2, 0.25) is 0 Å². The monoisotopic (exact) mass is 304 g/mol. The zero-order valence-electron chi connectivity index (χ0n) is 11.1. The maximum Gasteiger partial charge on any atom is 0.416 e. The minimum Gasteiger partial charge on any atom is -0.349 e. The predicted molar refractivity (Wildman–Crippen MR) is 65.6 cm³/mol. The van der Waals surface area contributed by atoms with E-state index in [1.54, 1.807) is 6.07 Å². The lowest BCUT2D eigenvalue weighted by Crippen LogP contribution is -2.31. The van der Waals surface area contributed by atoms with E-state index in [4.69, 9.17) is 18.9 Å². The van der Waals surface area contributed by atoms with Crippen molar-refractivity contribution in [3.05, 3.63) is 35.4 Å². The van der Waals surface area contributed by atoms with E-state index < -0.39 is 30.2 Å². The molecule has 2 aliphatic rings. The molecular formula is C14H15F3O4. The Bertz CT molecular complexity index is 463. The largest absolute Gasteiger partial charge is 0.416 e. The van der Waals surface area contributed by atoms with Crippen LogP contribution < -0.4 is 0 Å². The molecule has 0 N–H and O–H groups in total. The third kappa shape index (κ3) is 3.21. The second-order valence-electron chi connectivity index (χ2n) is 4.87. The minimum absolute atomic E-state index is 0.410. The van der Waals surface area contributed by atoms with Gasteiger partial charge in [0.05, 0.1) is 37.9 Å². The Hall–Kier alpha value is -1.15. The molecule has 1 aromatic carbocycles. The number of ether oxygens (including phenoxy) is 4. The highest BCUT2D eigenvalue weighted by Crippen LogP contribution is 2.36. The quantitative estimate of drug-likeness (QED) is 0.860. The van der Waals surface area contributed by atoms with Crippen LogP contribution in [-0.4, -0.2) is 39.0 Å². The maximum absolute atomic E-state index is 12.9. The molecule has 0 amide bonds. The van der Waals surface area contributed by atoms with Gasteiger partial charge in [0.15, 0.2) is 12.6 Å².